The Kier molecular flexibility index (Phi) is 5.83. The van der Waals surface area contributed by atoms with E-state index < -0.39 is 22.7 Å². The van der Waals surface area contributed by atoms with E-state index in [0.717, 1.165) is 0 Å². The van der Waals surface area contributed by atoms with Gasteiger partial charge in [0.15, 0.2) is 0 Å². The topological polar surface area (TPSA) is 110 Å². The summed E-state index contributed by atoms with van der Waals surface area (Å²) in [6.07, 6.45) is 0.195. The molecule has 0 saturated carbocycles. The van der Waals surface area contributed by atoms with Gasteiger partial charge >= 0.3 is 5.97 Å². The fourth-order valence-electron chi connectivity index (χ4n) is 1.98. The van der Waals surface area contributed by atoms with Crippen LogP contribution in [0.5, 0.6) is 0 Å². The number of rotatable bonds is 7. The smallest absolute Gasteiger partial charge is 0.306 e. The van der Waals surface area contributed by atoms with Crippen molar-refractivity contribution in [2.45, 2.75) is 26.7 Å². The van der Waals surface area contributed by atoms with Crippen LogP contribution in [-0.4, -0.2) is 21.9 Å². The number of nitrogens with one attached hydrogen (secondary N) is 1. The Hall–Kier alpha value is -2.44. The molecule has 7 heteroatoms. The predicted octanol–water partition coefficient (Wildman–Crippen LogP) is 2.67. The van der Waals surface area contributed by atoms with Gasteiger partial charge in [0.1, 0.15) is 5.69 Å². The van der Waals surface area contributed by atoms with E-state index >= 15 is 0 Å². The number of nitrogens with zero attached hydrogens (tertiary/aromatic N) is 1. The molecule has 1 aromatic carbocycles. The molecule has 1 amide bonds. The molecule has 0 aliphatic rings. The van der Waals surface area contributed by atoms with E-state index in [1.165, 1.54) is 18.2 Å². The van der Waals surface area contributed by atoms with Gasteiger partial charge in [-0.15, -0.1) is 0 Å². The second-order valence-corrected chi connectivity index (χ2v) is 5.05. The number of amides is 1. The van der Waals surface area contributed by atoms with Crippen molar-refractivity contribution in [1.82, 2.24) is 0 Å². The van der Waals surface area contributed by atoms with Crippen LogP contribution >= 0.6 is 0 Å². The average Bonchev–Trinajstić information content (AvgIpc) is 2.38. The predicted molar refractivity (Wildman–Crippen MR) is 76.9 cm³/mol. The first-order valence-corrected chi connectivity index (χ1v) is 6.59. The van der Waals surface area contributed by atoms with Crippen molar-refractivity contribution in [3.8, 4) is 0 Å². The van der Waals surface area contributed by atoms with Crippen LogP contribution in [0.15, 0.2) is 24.3 Å². The lowest BCUT2D eigenvalue weighted by Gasteiger charge is -2.15. The van der Waals surface area contributed by atoms with Crippen LogP contribution in [-0.2, 0) is 9.59 Å². The molecule has 1 unspecified atom stereocenters. The summed E-state index contributed by atoms with van der Waals surface area (Å²) in [7, 11) is 0. The van der Waals surface area contributed by atoms with Crippen molar-refractivity contribution in [2.75, 3.05) is 5.32 Å². The molecule has 0 aliphatic carbocycles. The fourth-order valence-corrected chi connectivity index (χ4v) is 1.98. The lowest BCUT2D eigenvalue weighted by atomic mass is 9.91. The van der Waals surface area contributed by atoms with Gasteiger partial charge in [-0.05, 0) is 18.4 Å². The molecule has 2 N–H and O–H groups in total. The number of anilines is 1. The molecule has 1 aromatic rings. The third-order valence-corrected chi connectivity index (χ3v) is 3.18. The minimum Gasteiger partial charge on any atom is -0.481 e. The Morgan fingerprint density at radius 1 is 1.33 bits per heavy atom. The third-order valence-electron chi connectivity index (χ3n) is 3.18. The number of para-hydroxylation sites is 2. The molecule has 21 heavy (non-hydrogen) atoms. The summed E-state index contributed by atoms with van der Waals surface area (Å²) in [5.41, 5.74) is -0.0755. The molecule has 7 nitrogen and oxygen atoms in total. The summed E-state index contributed by atoms with van der Waals surface area (Å²) < 4.78 is 0. The summed E-state index contributed by atoms with van der Waals surface area (Å²) >= 11 is 0. The van der Waals surface area contributed by atoms with Gasteiger partial charge in [0.2, 0.25) is 5.91 Å². The van der Waals surface area contributed by atoms with Crippen LogP contribution in [0.2, 0.25) is 0 Å². The summed E-state index contributed by atoms with van der Waals surface area (Å²) in [6.45, 7) is 3.55. The maximum absolute atomic E-state index is 11.8. The van der Waals surface area contributed by atoms with Crippen molar-refractivity contribution in [3.63, 3.8) is 0 Å². The molecule has 1 rings (SSSR count). The number of benzene rings is 1. The SMILES string of the molecule is CC(C)C(CCC(=O)Nc1ccccc1[N+](=O)[O-])C(=O)O. The molecule has 0 bridgehead atoms. The van der Waals surface area contributed by atoms with Crippen LogP contribution in [0.3, 0.4) is 0 Å². The van der Waals surface area contributed by atoms with E-state index in [2.05, 4.69) is 5.32 Å². The van der Waals surface area contributed by atoms with Gasteiger partial charge in [0, 0.05) is 12.5 Å². The summed E-state index contributed by atoms with van der Waals surface area (Å²) in [6, 6.07) is 5.82. The molecular weight excluding hydrogens is 276 g/mol. The number of hydrogen-bond acceptors (Lipinski definition) is 4. The van der Waals surface area contributed by atoms with E-state index in [9.17, 15) is 19.7 Å². The van der Waals surface area contributed by atoms with E-state index in [1.54, 1.807) is 19.9 Å². The maximum Gasteiger partial charge on any atom is 0.306 e. The van der Waals surface area contributed by atoms with Crippen molar-refractivity contribution >= 4 is 23.3 Å². The summed E-state index contributed by atoms with van der Waals surface area (Å²) in [5, 5.41) is 22.3. The number of carbonyl (C=O) groups is 2. The number of nitro benzene ring substituents is 1. The van der Waals surface area contributed by atoms with Crippen LogP contribution in [0.25, 0.3) is 0 Å². The average molecular weight is 294 g/mol. The summed E-state index contributed by atoms with van der Waals surface area (Å²) in [4.78, 5) is 33.1. The number of carbonyl (C=O) groups excluding carboxylic acids is 1. The highest BCUT2D eigenvalue weighted by molar-refractivity contribution is 5.93. The highest BCUT2D eigenvalue weighted by Gasteiger charge is 2.23. The zero-order chi connectivity index (χ0) is 16.0. The van der Waals surface area contributed by atoms with E-state index in [1.807, 2.05) is 0 Å². The highest BCUT2D eigenvalue weighted by Crippen LogP contribution is 2.24. The van der Waals surface area contributed by atoms with Crippen LogP contribution in [0.1, 0.15) is 26.7 Å². The molecule has 0 aliphatic heterocycles. The van der Waals surface area contributed by atoms with Crippen molar-refractivity contribution in [1.29, 1.82) is 0 Å². The molecule has 0 radical (unpaired) electrons. The van der Waals surface area contributed by atoms with Crippen molar-refractivity contribution in [3.05, 3.63) is 34.4 Å². The van der Waals surface area contributed by atoms with Gasteiger partial charge in [-0.3, -0.25) is 19.7 Å². The number of carboxylic acid groups (broad SMARTS) is 1. The van der Waals surface area contributed by atoms with Gasteiger partial charge in [-0.25, -0.2) is 0 Å². The molecule has 0 aromatic heterocycles. The number of carboxylic acids is 1. The monoisotopic (exact) mass is 294 g/mol. The Morgan fingerprint density at radius 3 is 2.48 bits per heavy atom. The van der Waals surface area contributed by atoms with Gasteiger partial charge in [0.05, 0.1) is 10.8 Å². The lowest BCUT2D eigenvalue weighted by molar-refractivity contribution is -0.383. The standard InChI is InChI=1S/C14H18N2O5/c1-9(2)10(14(18)19)7-8-13(17)15-11-5-3-4-6-12(11)16(20)21/h3-6,9-10H,7-8H2,1-2H3,(H,15,17)(H,18,19). The maximum atomic E-state index is 11.8. The highest BCUT2D eigenvalue weighted by atomic mass is 16.6. The molecule has 0 spiro atoms. The number of hydrogen-bond donors (Lipinski definition) is 2. The molecule has 114 valence electrons. The zero-order valence-corrected chi connectivity index (χ0v) is 11.9. The minimum atomic E-state index is -0.941. The third kappa shape index (κ3) is 4.87. The molecule has 0 saturated heterocycles. The van der Waals surface area contributed by atoms with E-state index in [-0.39, 0.29) is 30.1 Å². The fraction of sp³-hybridized carbons (Fsp3) is 0.429. The zero-order valence-electron chi connectivity index (χ0n) is 11.9. The number of nitro groups is 1. The van der Waals surface area contributed by atoms with Crippen LogP contribution in [0.4, 0.5) is 11.4 Å². The summed E-state index contributed by atoms with van der Waals surface area (Å²) in [5.74, 6) is -2.07. The lowest BCUT2D eigenvalue weighted by Crippen LogP contribution is -2.22. The van der Waals surface area contributed by atoms with Gasteiger partial charge < -0.3 is 10.4 Å². The Bertz CT molecular complexity index is 542. The normalized spacial score (nSPS) is 12.0. The first-order chi connectivity index (χ1) is 9.82. The first kappa shape index (κ1) is 16.6. The van der Waals surface area contributed by atoms with E-state index in [4.69, 9.17) is 5.11 Å². The molecule has 0 fully saturated rings. The van der Waals surface area contributed by atoms with E-state index in [0.29, 0.717) is 0 Å². The number of aliphatic carboxylic acids is 1. The second-order valence-electron chi connectivity index (χ2n) is 5.05. The molecule has 0 heterocycles. The van der Waals surface area contributed by atoms with Crippen LogP contribution in [0, 0.1) is 22.0 Å². The van der Waals surface area contributed by atoms with Crippen LogP contribution < -0.4 is 5.32 Å². The van der Waals surface area contributed by atoms with Gasteiger partial charge in [-0.1, -0.05) is 26.0 Å². The second kappa shape index (κ2) is 7.37. The first-order valence-electron chi connectivity index (χ1n) is 6.59. The largest absolute Gasteiger partial charge is 0.481 e. The Morgan fingerprint density at radius 2 is 1.95 bits per heavy atom. The van der Waals surface area contributed by atoms with Gasteiger partial charge in [-0.2, -0.15) is 0 Å². The minimum absolute atomic E-state index is 0.00119. The van der Waals surface area contributed by atoms with Crippen molar-refractivity contribution in [2.24, 2.45) is 11.8 Å². The molecular formula is C14H18N2O5. The Balaban J connectivity index is 2.66. The quantitative estimate of drug-likeness (QED) is 0.593. The van der Waals surface area contributed by atoms with Crippen molar-refractivity contribution < 1.29 is 19.6 Å². The Labute approximate surface area is 122 Å². The van der Waals surface area contributed by atoms with Gasteiger partial charge in [0.25, 0.3) is 5.69 Å². The molecule has 1 atom stereocenters.